The van der Waals surface area contributed by atoms with Crippen molar-refractivity contribution >= 4 is 37.8 Å². The van der Waals surface area contributed by atoms with Crippen LogP contribution in [0.25, 0.3) is 0 Å². The quantitative estimate of drug-likeness (QED) is 0.611. The predicted octanol–water partition coefficient (Wildman–Crippen LogP) is 1.64. The third-order valence-corrected chi connectivity index (χ3v) is 0. The molecule has 0 rings (SSSR count). The standard InChI is InChI=1S/CHBrO2.BrH/c2-1(3)4;/h(H,3,4);1H. The van der Waals surface area contributed by atoms with Gasteiger partial charge in [0.15, 0.2) is 0 Å². The first-order chi connectivity index (χ1) is 1.73. The van der Waals surface area contributed by atoms with Gasteiger partial charge in [0.05, 0.1) is 0 Å². The Morgan fingerprint density at radius 3 is 1.80 bits per heavy atom. The zero-order chi connectivity index (χ0) is 3.58. The van der Waals surface area contributed by atoms with E-state index in [1.54, 1.807) is 0 Å². The van der Waals surface area contributed by atoms with Gasteiger partial charge in [0.1, 0.15) is 0 Å². The molecule has 0 heterocycles. The van der Waals surface area contributed by atoms with E-state index in [4.69, 9.17) is 9.90 Å². The molecule has 5 heavy (non-hydrogen) atoms. The van der Waals surface area contributed by atoms with Crippen molar-refractivity contribution in [2.24, 2.45) is 0 Å². The summed E-state index contributed by atoms with van der Waals surface area (Å²) in [4.78, 5) is 7.90. The topological polar surface area (TPSA) is 37.3 Å². The SMILES string of the molecule is Br.O=C(O)Br. The molecule has 4 heteroatoms. The van der Waals surface area contributed by atoms with Gasteiger partial charge >= 0.3 is 4.88 Å². The summed E-state index contributed by atoms with van der Waals surface area (Å²) < 4.78 is 0. The average Bonchev–Trinajstić information content (AvgIpc) is 0.811. The van der Waals surface area contributed by atoms with Crippen LogP contribution in [0.3, 0.4) is 0 Å². The molecule has 0 unspecified atom stereocenters. The Kier molecular flexibility index (Phi) is 8.03. The fourth-order valence-electron chi connectivity index (χ4n) is 0. The second-order valence-corrected chi connectivity index (χ2v) is 0.931. The fourth-order valence-corrected chi connectivity index (χ4v) is 0. The molecule has 0 amide bonds. The lowest BCUT2D eigenvalue weighted by molar-refractivity contribution is 0.223. The first-order valence-corrected chi connectivity index (χ1v) is 1.41. The van der Waals surface area contributed by atoms with Crippen molar-refractivity contribution in [3.63, 3.8) is 0 Å². The number of hydrogen-bond acceptors (Lipinski definition) is 1. The highest BCUT2D eigenvalue weighted by Gasteiger charge is 1.70. The van der Waals surface area contributed by atoms with Crippen LogP contribution in [0.5, 0.6) is 0 Å². The molecule has 0 bridgehead atoms. The van der Waals surface area contributed by atoms with E-state index in [-0.39, 0.29) is 17.0 Å². The highest BCUT2D eigenvalue weighted by atomic mass is 79.9. The predicted molar refractivity (Wildman–Crippen MR) is 27.3 cm³/mol. The summed E-state index contributed by atoms with van der Waals surface area (Å²) in [5.74, 6) is 0. The summed E-state index contributed by atoms with van der Waals surface area (Å²) in [6.45, 7) is 0. The minimum Gasteiger partial charge on any atom is -0.473 e. The zero-order valence-corrected chi connectivity index (χ0v) is 5.44. The number of carboxylic acid groups (broad SMARTS) is 1. The highest BCUT2D eigenvalue weighted by molar-refractivity contribution is 9.18. The first-order valence-electron chi connectivity index (χ1n) is 0.617. The smallest absolute Gasteiger partial charge is 0.372 e. The van der Waals surface area contributed by atoms with Crippen molar-refractivity contribution in [3.05, 3.63) is 0 Å². The Balaban J connectivity index is 0. The molecule has 0 aliphatic heterocycles. The van der Waals surface area contributed by atoms with Crippen LogP contribution < -0.4 is 0 Å². The minimum absolute atomic E-state index is 0. The van der Waals surface area contributed by atoms with E-state index >= 15 is 0 Å². The zero-order valence-electron chi connectivity index (χ0n) is 2.14. The third-order valence-electron chi connectivity index (χ3n) is 0. The Bertz CT molecular complexity index is 30.6. The number of hydrogen-bond donors (Lipinski definition) is 1. The van der Waals surface area contributed by atoms with Crippen LogP contribution in [0.1, 0.15) is 0 Å². The molecule has 2 nitrogen and oxygen atoms in total. The van der Waals surface area contributed by atoms with E-state index in [1.165, 1.54) is 0 Å². The molecule has 0 aromatic rings. The van der Waals surface area contributed by atoms with Gasteiger partial charge in [0.25, 0.3) is 0 Å². The molecule has 1 N–H and O–H groups in total. The molecule has 0 aromatic carbocycles. The van der Waals surface area contributed by atoms with Crippen LogP contribution in [0.4, 0.5) is 4.79 Å². The lowest BCUT2D eigenvalue weighted by atomic mass is 11.7. The maximum atomic E-state index is 8.92. The molecule has 0 fully saturated rings. The van der Waals surface area contributed by atoms with Crippen molar-refractivity contribution < 1.29 is 9.90 Å². The van der Waals surface area contributed by atoms with Crippen molar-refractivity contribution in [1.82, 2.24) is 0 Å². The first kappa shape index (κ1) is 9.06. The second kappa shape index (κ2) is 4.43. The van der Waals surface area contributed by atoms with Crippen molar-refractivity contribution in [3.8, 4) is 0 Å². The van der Waals surface area contributed by atoms with Crippen molar-refractivity contribution in [2.45, 2.75) is 0 Å². The fraction of sp³-hybridized carbons (Fsp3) is 0. The van der Waals surface area contributed by atoms with Gasteiger partial charge in [-0.15, -0.1) is 17.0 Å². The van der Waals surface area contributed by atoms with Gasteiger partial charge in [-0.2, -0.15) is 0 Å². The Hall–Kier alpha value is 0.430. The average molecular weight is 206 g/mol. The maximum Gasteiger partial charge on any atom is 0.372 e. The van der Waals surface area contributed by atoms with Crippen LogP contribution >= 0.6 is 32.9 Å². The largest absolute Gasteiger partial charge is 0.473 e. The molecule has 32 valence electrons. The monoisotopic (exact) mass is 204 g/mol. The van der Waals surface area contributed by atoms with E-state index in [9.17, 15) is 0 Å². The number of rotatable bonds is 0. The molecule has 0 radical (unpaired) electrons. The van der Waals surface area contributed by atoms with Crippen LogP contribution in [0.15, 0.2) is 0 Å². The second-order valence-electron chi connectivity index (χ2n) is 0.253. The van der Waals surface area contributed by atoms with E-state index in [1.807, 2.05) is 0 Å². The van der Waals surface area contributed by atoms with Crippen LogP contribution in [0.2, 0.25) is 0 Å². The van der Waals surface area contributed by atoms with Crippen LogP contribution in [-0.4, -0.2) is 9.99 Å². The maximum absolute atomic E-state index is 8.92. The van der Waals surface area contributed by atoms with Crippen molar-refractivity contribution in [1.29, 1.82) is 0 Å². The van der Waals surface area contributed by atoms with Crippen molar-refractivity contribution in [2.75, 3.05) is 0 Å². The van der Waals surface area contributed by atoms with Gasteiger partial charge in [-0.1, -0.05) is 0 Å². The lowest BCUT2D eigenvalue weighted by Crippen LogP contribution is -1.65. The van der Waals surface area contributed by atoms with Gasteiger partial charge in [-0.05, 0) is 0 Å². The van der Waals surface area contributed by atoms with Gasteiger partial charge in [0.2, 0.25) is 0 Å². The molecule has 0 aliphatic rings. The Labute approximate surface area is 48.1 Å². The molecule has 0 aliphatic carbocycles. The van der Waals surface area contributed by atoms with E-state index in [0.717, 1.165) is 0 Å². The van der Waals surface area contributed by atoms with Crippen LogP contribution in [-0.2, 0) is 0 Å². The van der Waals surface area contributed by atoms with Gasteiger partial charge in [-0.3, -0.25) is 0 Å². The molecule has 0 atom stereocenters. The molecule has 0 saturated heterocycles. The molecule has 0 aromatic heterocycles. The summed E-state index contributed by atoms with van der Waals surface area (Å²) in [5.41, 5.74) is 0. The number of halogens is 2. The normalized spacial score (nSPS) is 5.00. The summed E-state index contributed by atoms with van der Waals surface area (Å²) in [5, 5.41) is 7.33. The van der Waals surface area contributed by atoms with E-state index in [0.29, 0.717) is 0 Å². The molecular weight excluding hydrogens is 204 g/mol. The Morgan fingerprint density at radius 1 is 1.80 bits per heavy atom. The molecular formula is CH2Br2O2. The van der Waals surface area contributed by atoms with E-state index in [2.05, 4.69) is 15.9 Å². The molecule has 0 saturated carbocycles. The highest BCUT2D eigenvalue weighted by Crippen LogP contribution is 1.74. The van der Waals surface area contributed by atoms with Gasteiger partial charge in [0, 0.05) is 15.9 Å². The van der Waals surface area contributed by atoms with Crippen LogP contribution in [0, 0.1) is 0 Å². The molecule has 0 spiro atoms. The third kappa shape index (κ3) is 141. The minimum atomic E-state index is -1.02. The summed E-state index contributed by atoms with van der Waals surface area (Å²) in [7, 11) is 0. The summed E-state index contributed by atoms with van der Waals surface area (Å²) >= 11 is 2.19. The Morgan fingerprint density at radius 2 is 1.80 bits per heavy atom. The van der Waals surface area contributed by atoms with Gasteiger partial charge < -0.3 is 5.11 Å². The summed E-state index contributed by atoms with van der Waals surface area (Å²) in [6.07, 6.45) is 0. The summed E-state index contributed by atoms with van der Waals surface area (Å²) in [6, 6.07) is 0. The lowest BCUT2D eigenvalue weighted by Gasteiger charge is -1.56. The number of carbonyl (C=O) groups is 1. The van der Waals surface area contributed by atoms with Gasteiger partial charge in [-0.25, -0.2) is 4.79 Å². The van der Waals surface area contributed by atoms with E-state index < -0.39 is 4.88 Å².